The van der Waals surface area contributed by atoms with Crippen LogP contribution < -0.4 is 11.1 Å². The van der Waals surface area contributed by atoms with Gasteiger partial charge in [0.1, 0.15) is 4.99 Å². The van der Waals surface area contributed by atoms with E-state index in [1.54, 1.807) is 23.1 Å². The van der Waals surface area contributed by atoms with Crippen LogP contribution in [-0.2, 0) is 12.7 Å². The highest BCUT2D eigenvalue weighted by atomic mass is 32.1. The van der Waals surface area contributed by atoms with Crippen LogP contribution in [0.3, 0.4) is 0 Å². The van der Waals surface area contributed by atoms with E-state index < -0.39 is 11.7 Å². The fraction of sp³-hybridized carbons (Fsp3) is 0.231. The first kappa shape index (κ1) is 15.3. The van der Waals surface area contributed by atoms with Crippen LogP contribution in [0, 0.1) is 0 Å². The zero-order valence-electron chi connectivity index (χ0n) is 10.9. The van der Waals surface area contributed by atoms with Gasteiger partial charge in [0.25, 0.3) is 0 Å². The van der Waals surface area contributed by atoms with Crippen molar-refractivity contribution < 1.29 is 13.2 Å². The lowest BCUT2D eigenvalue weighted by Gasteiger charge is -2.14. The van der Waals surface area contributed by atoms with Crippen molar-refractivity contribution in [3.8, 4) is 0 Å². The lowest BCUT2D eigenvalue weighted by molar-refractivity contribution is -0.137. The molecule has 0 fully saturated rings. The van der Waals surface area contributed by atoms with Gasteiger partial charge in [-0.25, -0.2) is 0 Å². The van der Waals surface area contributed by atoms with Gasteiger partial charge in [-0.1, -0.05) is 12.2 Å². The van der Waals surface area contributed by atoms with E-state index in [-0.39, 0.29) is 10.6 Å². The summed E-state index contributed by atoms with van der Waals surface area (Å²) in [5, 5.41) is 7.04. The SMILES string of the molecule is NC(=S)c1cc(C(F)(F)F)ccc1NCCn1cccn1. The average Bonchev–Trinajstić information content (AvgIpc) is 2.90. The minimum atomic E-state index is -4.42. The Morgan fingerprint density at radius 2 is 2.14 bits per heavy atom. The Hall–Kier alpha value is -2.09. The van der Waals surface area contributed by atoms with Crippen LogP contribution in [0.5, 0.6) is 0 Å². The largest absolute Gasteiger partial charge is 0.416 e. The average molecular weight is 314 g/mol. The molecule has 0 saturated heterocycles. The minimum absolute atomic E-state index is 0.0808. The van der Waals surface area contributed by atoms with E-state index in [0.29, 0.717) is 18.8 Å². The molecule has 0 atom stereocenters. The Kier molecular flexibility index (Phi) is 4.46. The number of rotatable bonds is 5. The van der Waals surface area contributed by atoms with Gasteiger partial charge in [-0.15, -0.1) is 0 Å². The van der Waals surface area contributed by atoms with E-state index >= 15 is 0 Å². The Labute approximate surface area is 124 Å². The Morgan fingerprint density at radius 3 is 2.71 bits per heavy atom. The molecule has 0 bridgehead atoms. The molecule has 0 aliphatic rings. The predicted octanol–water partition coefficient (Wildman–Crippen LogP) is 2.65. The third-order valence-corrected chi connectivity index (χ3v) is 3.05. The van der Waals surface area contributed by atoms with Gasteiger partial charge in [0, 0.05) is 30.2 Å². The third kappa shape index (κ3) is 3.94. The summed E-state index contributed by atoms with van der Waals surface area (Å²) in [4.78, 5) is -0.0808. The second-order valence-corrected chi connectivity index (χ2v) is 4.76. The molecule has 0 radical (unpaired) electrons. The van der Waals surface area contributed by atoms with E-state index in [1.165, 1.54) is 6.07 Å². The van der Waals surface area contributed by atoms with Crippen LogP contribution in [0.15, 0.2) is 36.7 Å². The van der Waals surface area contributed by atoms with Crippen LogP contribution >= 0.6 is 12.2 Å². The zero-order valence-corrected chi connectivity index (χ0v) is 11.7. The number of nitrogens with one attached hydrogen (secondary N) is 1. The number of anilines is 1. The van der Waals surface area contributed by atoms with Gasteiger partial charge >= 0.3 is 6.18 Å². The van der Waals surface area contributed by atoms with Crippen LogP contribution in [0.4, 0.5) is 18.9 Å². The highest BCUT2D eigenvalue weighted by Crippen LogP contribution is 2.31. The molecular formula is C13H13F3N4S. The van der Waals surface area contributed by atoms with Crippen molar-refractivity contribution in [2.45, 2.75) is 12.7 Å². The maximum Gasteiger partial charge on any atom is 0.416 e. The van der Waals surface area contributed by atoms with Crippen molar-refractivity contribution >= 4 is 22.9 Å². The first-order valence-corrected chi connectivity index (χ1v) is 6.51. The normalized spacial score (nSPS) is 11.4. The molecule has 1 heterocycles. The maximum atomic E-state index is 12.7. The second-order valence-electron chi connectivity index (χ2n) is 4.32. The molecule has 112 valence electrons. The smallest absolute Gasteiger partial charge is 0.389 e. The first-order chi connectivity index (χ1) is 9.88. The zero-order chi connectivity index (χ0) is 15.5. The number of thiocarbonyl (C=S) groups is 1. The van der Waals surface area contributed by atoms with Crippen molar-refractivity contribution in [1.82, 2.24) is 9.78 Å². The fourth-order valence-corrected chi connectivity index (χ4v) is 1.99. The predicted molar refractivity (Wildman–Crippen MR) is 78.0 cm³/mol. The van der Waals surface area contributed by atoms with Gasteiger partial charge in [0.05, 0.1) is 12.1 Å². The summed E-state index contributed by atoms with van der Waals surface area (Å²) in [5.41, 5.74) is 5.38. The molecule has 0 unspecified atom stereocenters. The minimum Gasteiger partial charge on any atom is -0.389 e. The standard InChI is InChI=1S/C13H13F3N4S/c14-13(15,16)9-2-3-11(10(8-9)12(17)21)18-5-7-20-6-1-4-19-20/h1-4,6,8,18H,5,7H2,(H2,17,21). The van der Waals surface area contributed by atoms with Crippen molar-refractivity contribution in [2.24, 2.45) is 5.73 Å². The summed E-state index contributed by atoms with van der Waals surface area (Å²) in [6, 6.07) is 5.08. The van der Waals surface area contributed by atoms with Crippen molar-refractivity contribution in [3.05, 3.63) is 47.8 Å². The van der Waals surface area contributed by atoms with Gasteiger partial charge in [-0.2, -0.15) is 18.3 Å². The summed E-state index contributed by atoms with van der Waals surface area (Å²) in [5.74, 6) is 0. The highest BCUT2D eigenvalue weighted by Gasteiger charge is 2.31. The number of benzene rings is 1. The van der Waals surface area contributed by atoms with E-state index in [0.717, 1.165) is 12.1 Å². The summed E-state index contributed by atoms with van der Waals surface area (Å²) in [7, 11) is 0. The number of hydrogen-bond donors (Lipinski definition) is 2. The van der Waals surface area contributed by atoms with Gasteiger partial charge in [0.15, 0.2) is 0 Å². The van der Waals surface area contributed by atoms with E-state index in [9.17, 15) is 13.2 Å². The quantitative estimate of drug-likeness (QED) is 0.833. The van der Waals surface area contributed by atoms with Crippen LogP contribution in [0.2, 0.25) is 0 Å². The lowest BCUT2D eigenvalue weighted by Crippen LogP contribution is -2.17. The third-order valence-electron chi connectivity index (χ3n) is 2.83. The monoisotopic (exact) mass is 314 g/mol. The summed E-state index contributed by atoms with van der Waals surface area (Å²) < 4.78 is 39.8. The van der Waals surface area contributed by atoms with Gasteiger partial charge < -0.3 is 11.1 Å². The lowest BCUT2D eigenvalue weighted by atomic mass is 10.1. The molecule has 3 N–H and O–H groups in total. The number of nitrogens with two attached hydrogens (primary N) is 1. The number of aromatic nitrogens is 2. The molecule has 0 amide bonds. The van der Waals surface area contributed by atoms with Crippen molar-refractivity contribution in [2.75, 3.05) is 11.9 Å². The maximum absolute atomic E-state index is 12.7. The molecule has 0 saturated carbocycles. The molecule has 8 heteroatoms. The molecule has 21 heavy (non-hydrogen) atoms. The molecule has 4 nitrogen and oxygen atoms in total. The number of hydrogen-bond acceptors (Lipinski definition) is 3. The molecule has 1 aromatic heterocycles. The van der Waals surface area contributed by atoms with Crippen LogP contribution in [0.1, 0.15) is 11.1 Å². The van der Waals surface area contributed by atoms with Crippen LogP contribution in [-0.4, -0.2) is 21.3 Å². The van der Waals surface area contributed by atoms with Gasteiger partial charge in [0.2, 0.25) is 0 Å². The van der Waals surface area contributed by atoms with Gasteiger partial charge in [-0.05, 0) is 24.3 Å². The Balaban J connectivity index is 2.13. The number of nitrogens with zero attached hydrogens (tertiary/aromatic N) is 2. The summed E-state index contributed by atoms with van der Waals surface area (Å²) in [6.07, 6.45) is -0.978. The highest BCUT2D eigenvalue weighted by molar-refractivity contribution is 7.80. The topological polar surface area (TPSA) is 55.9 Å². The van der Waals surface area contributed by atoms with Crippen LogP contribution in [0.25, 0.3) is 0 Å². The molecule has 2 aromatic rings. The Bertz CT molecular complexity index is 623. The van der Waals surface area contributed by atoms with Crippen molar-refractivity contribution in [3.63, 3.8) is 0 Å². The number of alkyl halides is 3. The fourth-order valence-electron chi connectivity index (χ4n) is 1.82. The molecule has 2 rings (SSSR count). The van der Waals surface area contributed by atoms with E-state index in [2.05, 4.69) is 10.4 Å². The molecular weight excluding hydrogens is 301 g/mol. The molecule has 1 aromatic carbocycles. The molecule has 0 aliphatic heterocycles. The molecule has 0 aliphatic carbocycles. The molecule has 0 spiro atoms. The van der Waals surface area contributed by atoms with Gasteiger partial charge in [-0.3, -0.25) is 4.68 Å². The Morgan fingerprint density at radius 1 is 1.38 bits per heavy atom. The van der Waals surface area contributed by atoms with E-state index in [1.807, 2.05) is 0 Å². The second kappa shape index (κ2) is 6.13. The summed E-state index contributed by atoms with van der Waals surface area (Å²) >= 11 is 4.82. The summed E-state index contributed by atoms with van der Waals surface area (Å²) in [6.45, 7) is 1.06. The number of halogens is 3. The first-order valence-electron chi connectivity index (χ1n) is 6.10. The van der Waals surface area contributed by atoms with Crippen molar-refractivity contribution in [1.29, 1.82) is 0 Å². The van der Waals surface area contributed by atoms with E-state index in [4.69, 9.17) is 18.0 Å².